The van der Waals surface area contributed by atoms with E-state index in [0.29, 0.717) is 0 Å². The van der Waals surface area contributed by atoms with Crippen molar-refractivity contribution in [3.63, 3.8) is 0 Å². The van der Waals surface area contributed by atoms with Crippen molar-refractivity contribution >= 4 is 28.6 Å². The maximum absolute atomic E-state index is 12.5. The van der Waals surface area contributed by atoms with Crippen molar-refractivity contribution in [3.05, 3.63) is 35.9 Å². The molecular weight excluding hydrogens is 375 g/mol. The lowest BCUT2D eigenvalue weighted by Gasteiger charge is -2.16. The van der Waals surface area contributed by atoms with Crippen LogP contribution in [-0.2, 0) is 14.9 Å². The second kappa shape index (κ2) is 5.90. The van der Waals surface area contributed by atoms with Crippen molar-refractivity contribution in [3.8, 4) is 0 Å². The third-order valence-electron chi connectivity index (χ3n) is 5.05. The molecule has 0 spiro atoms. The van der Waals surface area contributed by atoms with E-state index in [9.17, 15) is 4.79 Å². The minimum atomic E-state index is -0.358. The van der Waals surface area contributed by atoms with E-state index >= 15 is 0 Å². The quantitative estimate of drug-likeness (QED) is 0.286. The van der Waals surface area contributed by atoms with E-state index < -0.39 is 0 Å². The molecule has 0 radical (unpaired) electrons. The number of carbonyl (C=O) groups excluding carboxylic acids is 1. The molecule has 1 saturated carbocycles. The summed E-state index contributed by atoms with van der Waals surface area (Å²) in [6, 6.07) is 10.2. The monoisotopic (exact) mass is 398 g/mol. The second-order valence-corrected chi connectivity index (χ2v) is 8.33. The molecule has 2 aliphatic rings. The summed E-state index contributed by atoms with van der Waals surface area (Å²) >= 11 is 2.50. The fourth-order valence-electron chi connectivity index (χ4n) is 3.70. The van der Waals surface area contributed by atoms with Crippen molar-refractivity contribution in [1.29, 1.82) is 0 Å². The molecule has 3 heteroatoms. The maximum atomic E-state index is 12.5. The predicted molar refractivity (Wildman–Crippen MR) is 92.7 cm³/mol. The van der Waals surface area contributed by atoms with Crippen LogP contribution in [0.3, 0.4) is 0 Å². The van der Waals surface area contributed by atoms with E-state index in [0.717, 1.165) is 18.4 Å². The van der Waals surface area contributed by atoms with E-state index in [2.05, 4.69) is 41.6 Å². The molecule has 1 aliphatic heterocycles. The number of unbranched alkanes of at least 4 members (excludes halogenated alkanes) is 4. The van der Waals surface area contributed by atoms with Gasteiger partial charge in [-0.25, -0.2) is 0 Å². The van der Waals surface area contributed by atoms with Crippen molar-refractivity contribution in [2.24, 2.45) is 0 Å². The van der Waals surface area contributed by atoms with Crippen LogP contribution >= 0.6 is 22.6 Å². The molecule has 1 aromatic rings. The van der Waals surface area contributed by atoms with Crippen molar-refractivity contribution in [2.75, 3.05) is 0 Å². The number of halogens is 1. The predicted octanol–water partition coefficient (Wildman–Crippen LogP) is 4.79. The van der Waals surface area contributed by atoms with Crippen LogP contribution in [0.2, 0.25) is 0 Å². The molecule has 0 aromatic heterocycles. The molecule has 114 valence electrons. The van der Waals surface area contributed by atoms with Crippen molar-refractivity contribution in [2.45, 2.75) is 66.8 Å². The normalized spacial score (nSPS) is 33.6. The van der Waals surface area contributed by atoms with Crippen LogP contribution < -0.4 is 0 Å². The minimum absolute atomic E-state index is 0.00154. The molecule has 0 N–H and O–H groups in total. The zero-order valence-electron chi connectivity index (χ0n) is 12.6. The summed E-state index contributed by atoms with van der Waals surface area (Å²) in [6.45, 7) is 2.23. The van der Waals surface area contributed by atoms with Gasteiger partial charge in [0, 0.05) is 0 Å². The summed E-state index contributed by atoms with van der Waals surface area (Å²) in [7, 11) is 0. The van der Waals surface area contributed by atoms with Gasteiger partial charge < -0.3 is 4.74 Å². The van der Waals surface area contributed by atoms with E-state index in [4.69, 9.17) is 4.74 Å². The number of rotatable bonds is 7. The van der Waals surface area contributed by atoms with Gasteiger partial charge in [0.05, 0.1) is 3.42 Å². The minimum Gasteiger partial charge on any atom is -0.460 e. The number of carbonyl (C=O) groups is 1. The summed E-state index contributed by atoms with van der Waals surface area (Å²) in [6.07, 6.45) is 8.39. The number of cyclic esters (lactones) is 1. The van der Waals surface area contributed by atoms with Gasteiger partial charge in [0.15, 0.2) is 0 Å². The molecule has 2 nitrogen and oxygen atoms in total. The average Bonchev–Trinajstić information content (AvgIpc) is 3.09. The molecular formula is C18H23IO2. The summed E-state index contributed by atoms with van der Waals surface area (Å²) in [5.41, 5.74) is 0.779. The first-order valence-corrected chi connectivity index (χ1v) is 9.18. The van der Waals surface area contributed by atoms with Gasteiger partial charge in [0.25, 0.3) is 0 Å². The Morgan fingerprint density at radius 3 is 2.57 bits per heavy atom. The third-order valence-corrected chi connectivity index (χ3v) is 7.05. The lowest BCUT2D eigenvalue weighted by Crippen LogP contribution is -2.24. The number of esters is 1. The van der Waals surface area contributed by atoms with E-state index in [1.54, 1.807) is 0 Å². The smallest absolute Gasteiger partial charge is 0.318 e. The molecule has 1 heterocycles. The zero-order valence-corrected chi connectivity index (χ0v) is 14.8. The second-order valence-electron chi connectivity index (χ2n) is 6.41. The van der Waals surface area contributed by atoms with Gasteiger partial charge in [-0.05, 0) is 24.8 Å². The van der Waals surface area contributed by atoms with Crippen LogP contribution in [0.5, 0.6) is 0 Å². The first-order chi connectivity index (χ1) is 10.1. The summed E-state index contributed by atoms with van der Waals surface area (Å²) in [5, 5.41) is 0. The Kier molecular flexibility index (Phi) is 4.30. The zero-order chi connectivity index (χ0) is 14.9. The van der Waals surface area contributed by atoms with Crippen LogP contribution in [-0.4, -0.2) is 15.5 Å². The molecule has 2 fully saturated rings. The highest BCUT2D eigenvalue weighted by Gasteiger charge is 2.80. The Morgan fingerprint density at radius 2 is 1.90 bits per heavy atom. The molecule has 1 saturated heterocycles. The van der Waals surface area contributed by atoms with Gasteiger partial charge in [0.2, 0.25) is 0 Å². The Bertz CT molecular complexity index is 515. The van der Waals surface area contributed by atoms with Crippen molar-refractivity contribution in [1.82, 2.24) is 0 Å². The number of alkyl halides is 1. The molecule has 0 unspecified atom stereocenters. The Balaban J connectivity index is 1.65. The van der Waals surface area contributed by atoms with E-state index in [-0.39, 0.29) is 20.9 Å². The lowest BCUT2D eigenvalue weighted by molar-refractivity contribution is -0.146. The fourth-order valence-corrected chi connectivity index (χ4v) is 5.24. The molecule has 3 rings (SSSR count). The number of hydrogen-bond acceptors (Lipinski definition) is 2. The number of hydrogen-bond donors (Lipinski definition) is 0. The highest BCUT2D eigenvalue weighted by atomic mass is 127. The number of fused-ring (bicyclic) bond motifs is 1. The third kappa shape index (κ3) is 2.41. The average molecular weight is 398 g/mol. The Morgan fingerprint density at radius 1 is 1.19 bits per heavy atom. The van der Waals surface area contributed by atoms with Crippen LogP contribution in [0.4, 0.5) is 0 Å². The molecule has 1 aromatic carbocycles. The molecule has 0 bridgehead atoms. The highest BCUT2D eigenvalue weighted by molar-refractivity contribution is 14.1. The number of ether oxygens (including phenoxy) is 1. The first kappa shape index (κ1) is 15.3. The van der Waals surface area contributed by atoms with Crippen molar-refractivity contribution < 1.29 is 9.53 Å². The standard InChI is InChI=1S/C18H23IO2/c1-2-3-4-5-9-12-15-18(19)13-17(18,16(20)21-15)14-10-7-6-8-11-14/h6-8,10-11,15H,2-5,9,12-13H2,1H3/t15-,17+,18-/m0/s1. The molecule has 3 atom stereocenters. The maximum Gasteiger partial charge on any atom is 0.318 e. The van der Waals surface area contributed by atoms with Crippen LogP contribution in [0.25, 0.3) is 0 Å². The Labute approximate surface area is 140 Å². The SMILES string of the molecule is CCCCCCC[C@@H]1OC(=O)[C@]2(c3ccccc3)C[C@]12I. The molecule has 0 amide bonds. The number of benzene rings is 1. The van der Waals surface area contributed by atoms with Gasteiger partial charge >= 0.3 is 5.97 Å². The van der Waals surface area contributed by atoms with E-state index in [1.807, 2.05) is 18.2 Å². The van der Waals surface area contributed by atoms with E-state index in [1.165, 1.54) is 32.1 Å². The molecule has 1 aliphatic carbocycles. The topological polar surface area (TPSA) is 26.3 Å². The summed E-state index contributed by atoms with van der Waals surface area (Å²) in [4.78, 5) is 12.5. The van der Waals surface area contributed by atoms with Gasteiger partial charge in [-0.3, -0.25) is 4.79 Å². The lowest BCUT2D eigenvalue weighted by atomic mass is 9.93. The first-order valence-electron chi connectivity index (χ1n) is 8.10. The van der Waals surface area contributed by atoms with Gasteiger partial charge in [0.1, 0.15) is 11.5 Å². The van der Waals surface area contributed by atoms with Gasteiger partial charge in [-0.2, -0.15) is 0 Å². The Hall–Kier alpha value is -0.580. The summed E-state index contributed by atoms with van der Waals surface area (Å²) < 4.78 is 5.74. The fraction of sp³-hybridized carbons (Fsp3) is 0.611. The van der Waals surface area contributed by atoms with Gasteiger partial charge in [-0.15, -0.1) is 0 Å². The van der Waals surface area contributed by atoms with Crippen LogP contribution in [0.15, 0.2) is 30.3 Å². The van der Waals surface area contributed by atoms with Gasteiger partial charge in [-0.1, -0.05) is 85.5 Å². The highest BCUT2D eigenvalue weighted by Crippen LogP contribution is 2.70. The summed E-state index contributed by atoms with van der Waals surface area (Å²) in [5.74, 6) is 0.00154. The van der Waals surface area contributed by atoms with Crippen LogP contribution in [0.1, 0.15) is 57.4 Å². The molecule has 21 heavy (non-hydrogen) atoms. The van der Waals surface area contributed by atoms with Crippen LogP contribution in [0, 0.1) is 0 Å². The largest absolute Gasteiger partial charge is 0.460 e.